The lowest BCUT2D eigenvalue weighted by molar-refractivity contribution is -0.139. The Balaban J connectivity index is 1.73. The normalized spacial score (nSPS) is 15.8. The molecule has 0 bridgehead atoms. The molecule has 1 aliphatic rings. The van der Waals surface area contributed by atoms with Crippen molar-refractivity contribution in [3.63, 3.8) is 0 Å². The van der Waals surface area contributed by atoms with Crippen LogP contribution in [0.2, 0.25) is 0 Å². The number of aliphatic carboxylic acids is 1. The summed E-state index contributed by atoms with van der Waals surface area (Å²) in [7, 11) is 0. The summed E-state index contributed by atoms with van der Waals surface area (Å²) in [4.78, 5) is 22.8. The monoisotopic (exact) mass is 286 g/mol. The van der Waals surface area contributed by atoms with E-state index in [4.69, 9.17) is 0 Å². The lowest BCUT2D eigenvalue weighted by atomic mass is 9.93. The average molecular weight is 286 g/mol. The molecule has 21 heavy (non-hydrogen) atoms. The highest BCUT2D eigenvalue weighted by Crippen LogP contribution is 2.24. The summed E-state index contributed by atoms with van der Waals surface area (Å²) >= 11 is 0. The van der Waals surface area contributed by atoms with Crippen molar-refractivity contribution in [2.75, 3.05) is 0 Å². The van der Waals surface area contributed by atoms with Gasteiger partial charge in [-0.25, -0.2) is 0 Å². The van der Waals surface area contributed by atoms with Gasteiger partial charge < -0.3 is 5.11 Å². The Bertz CT molecular complexity index is 517. The molecule has 0 radical (unpaired) electrons. The van der Waals surface area contributed by atoms with Gasteiger partial charge in [0.05, 0.1) is 5.92 Å². The Morgan fingerprint density at radius 2 is 1.90 bits per heavy atom. The molecule has 2 rings (SSSR count). The van der Waals surface area contributed by atoms with E-state index < -0.39 is 11.9 Å². The van der Waals surface area contributed by atoms with E-state index >= 15 is 0 Å². The quantitative estimate of drug-likeness (QED) is 0.732. The molecule has 112 valence electrons. The van der Waals surface area contributed by atoms with E-state index in [0.717, 1.165) is 43.2 Å². The van der Waals surface area contributed by atoms with Crippen LogP contribution in [-0.2, 0) is 9.59 Å². The molecule has 0 aliphatic heterocycles. The molecule has 3 heteroatoms. The van der Waals surface area contributed by atoms with Crippen LogP contribution in [0.5, 0.6) is 0 Å². The number of carbonyl (C=O) groups is 2. The van der Waals surface area contributed by atoms with E-state index in [1.807, 2.05) is 36.4 Å². The molecular weight excluding hydrogens is 264 g/mol. The van der Waals surface area contributed by atoms with Crippen LogP contribution in [0, 0.1) is 0 Å². The number of unbranched alkanes of at least 4 members (excludes halogenated alkanes) is 2. The van der Waals surface area contributed by atoms with Gasteiger partial charge in [0.1, 0.15) is 0 Å². The van der Waals surface area contributed by atoms with Crippen molar-refractivity contribution in [1.82, 2.24) is 0 Å². The molecule has 1 aromatic rings. The smallest absolute Gasteiger partial charge is 0.310 e. The number of carbonyl (C=O) groups excluding carboxylic acids is 1. The summed E-state index contributed by atoms with van der Waals surface area (Å²) in [5.41, 5.74) is 1.85. The highest BCUT2D eigenvalue weighted by molar-refractivity contribution is 5.97. The average Bonchev–Trinajstić information content (AvgIpc) is 2.89. The maximum absolute atomic E-state index is 11.5. The largest absolute Gasteiger partial charge is 0.481 e. The minimum Gasteiger partial charge on any atom is -0.481 e. The van der Waals surface area contributed by atoms with E-state index in [2.05, 4.69) is 0 Å². The van der Waals surface area contributed by atoms with Crippen LogP contribution in [0.1, 0.15) is 56.4 Å². The number of hydrogen-bond donors (Lipinski definition) is 1. The van der Waals surface area contributed by atoms with Crippen LogP contribution in [0.25, 0.3) is 0 Å². The standard InChI is InChI=1S/C18H22O3/c19-17-13-7-11-15(17)10-5-2-6-12-16(18(20)21)14-8-3-1-4-9-14/h1,3-4,8-9,11,16H,2,5-7,10,12-13H2,(H,20,21). The number of ketones is 1. The molecule has 1 unspecified atom stereocenters. The number of allylic oxidation sites excluding steroid dienone is 2. The Morgan fingerprint density at radius 1 is 1.14 bits per heavy atom. The van der Waals surface area contributed by atoms with Gasteiger partial charge in [-0.1, -0.05) is 49.2 Å². The number of carboxylic acid groups (broad SMARTS) is 1. The second-order valence-corrected chi connectivity index (χ2v) is 5.59. The summed E-state index contributed by atoms with van der Waals surface area (Å²) in [6, 6.07) is 9.41. The summed E-state index contributed by atoms with van der Waals surface area (Å²) in [6.07, 6.45) is 7.95. The SMILES string of the molecule is O=C1CCC=C1CCCCCC(C(=O)O)c1ccccc1. The fourth-order valence-electron chi connectivity index (χ4n) is 2.85. The van der Waals surface area contributed by atoms with Crippen molar-refractivity contribution >= 4 is 11.8 Å². The molecule has 0 aromatic heterocycles. The number of rotatable bonds is 8. The third-order valence-corrected chi connectivity index (χ3v) is 4.06. The first-order valence-electron chi connectivity index (χ1n) is 7.68. The van der Waals surface area contributed by atoms with Crippen molar-refractivity contribution in [2.45, 2.75) is 50.9 Å². The molecule has 1 atom stereocenters. The van der Waals surface area contributed by atoms with Crippen molar-refractivity contribution < 1.29 is 14.7 Å². The molecule has 0 fully saturated rings. The van der Waals surface area contributed by atoms with E-state index in [1.54, 1.807) is 0 Å². The summed E-state index contributed by atoms with van der Waals surface area (Å²) < 4.78 is 0. The van der Waals surface area contributed by atoms with E-state index in [-0.39, 0.29) is 0 Å². The van der Waals surface area contributed by atoms with E-state index in [9.17, 15) is 14.7 Å². The van der Waals surface area contributed by atoms with Gasteiger partial charge in [-0.3, -0.25) is 9.59 Å². The maximum Gasteiger partial charge on any atom is 0.310 e. The van der Waals surface area contributed by atoms with Gasteiger partial charge in [-0.15, -0.1) is 0 Å². The molecule has 0 amide bonds. The lowest BCUT2D eigenvalue weighted by Crippen LogP contribution is -2.11. The molecular formula is C18H22O3. The van der Waals surface area contributed by atoms with Gasteiger partial charge in [0.25, 0.3) is 0 Å². The Hall–Kier alpha value is -1.90. The molecule has 0 spiro atoms. The number of benzene rings is 1. The van der Waals surface area contributed by atoms with Gasteiger partial charge >= 0.3 is 5.97 Å². The fraction of sp³-hybridized carbons (Fsp3) is 0.444. The van der Waals surface area contributed by atoms with Gasteiger partial charge in [-0.05, 0) is 36.8 Å². The summed E-state index contributed by atoms with van der Waals surface area (Å²) in [5, 5.41) is 9.34. The fourth-order valence-corrected chi connectivity index (χ4v) is 2.85. The van der Waals surface area contributed by atoms with Gasteiger partial charge in [0, 0.05) is 6.42 Å². The minimum absolute atomic E-state index is 0.294. The highest BCUT2D eigenvalue weighted by Gasteiger charge is 2.19. The number of hydrogen-bond acceptors (Lipinski definition) is 2. The van der Waals surface area contributed by atoms with Crippen LogP contribution in [0.3, 0.4) is 0 Å². The van der Waals surface area contributed by atoms with Crippen LogP contribution in [0.15, 0.2) is 42.0 Å². The topological polar surface area (TPSA) is 54.4 Å². The second kappa shape index (κ2) is 7.77. The molecule has 3 nitrogen and oxygen atoms in total. The van der Waals surface area contributed by atoms with Crippen LogP contribution < -0.4 is 0 Å². The molecule has 1 aliphatic carbocycles. The second-order valence-electron chi connectivity index (χ2n) is 5.59. The predicted molar refractivity (Wildman–Crippen MR) is 82.2 cm³/mol. The Kier molecular flexibility index (Phi) is 5.73. The predicted octanol–water partition coefficient (Wildman–Crippen LogP) is 4.09. The van der Waals surface area contributed by atoms with Crippen molar-refractivity contribution in [2.24, 2.45) is 0 Å². The molecule has 1 aromatic carbocycles. The number of Topliss-reactive ketones (excluding diaryl/α,β-unsaturated/α-hetero) is 1. The minimum atomic E-state index is -0.755. The maximum atomic E-state index is 11.5. The zero-order valence-electron chi connectivity index (χ0n) is 12.3. The van der Waals surface area contributed by atoms with Crippen molar-refractivity contribution in [3.8, 4) is 0 Å². The highest BCUT2D eigenvalue weighted by atomic mass is 16.4. The van der Waals surface area contributed by atoms with E-state index in [0.29, 0.717) is 18.6 Å². The first kappa shape index (κ1) is 15.5. The van der Waals surface area contributed by atoms with Crippen molar-refractivity contribution in [3.05, 3.63) is 47.5 Å². The van der Waals surface area contributed by atoms with Crippen molar-refractivity contribution in [1.29, 1.82) is 0 Å². The first-order valence-corrected chi connectivity index (χ1v) is 7.68. The van der Waals surface area contributed by atoms with Crippen LogP contribution >= 0.6 is 0 Å². The molecule has 1 N–H and O–H groups in total. The summed E-state index contributed by atoms with van der Waals surface area (Å²) in [6.45, 7) is 0. The zero-order valence-corrected chi connectivity index (χ0v) is 12.3. The van der Waals surface area contributed by atoms with E-state index in [1.165, 1.54) is 0 Å². The summed E-state index contributed by atoms with van der Waals surface area (Å²) in [5.74, 6) is -0.879. The first-order chi connectivity index (χ1) is 10.2. The van der Waals surface area contributed by atoms with Gasteiger partial charge in [0.15, 0.2) is 5.78 Å². The Morgan fingerprint density at radius 3 is 2.52 bits per heavy atom. The molecule has 0 saturated heterocycles. The lowest BCUT2D eigenvalue weighted by Gasteiger charge is -2.12. The number of carboxylic acids is 1. The van der Waals surface area contributed by atoms with Gasteiger partial charge in [-0.2, -0.15) is 0 Å². The van der Waals surface area contributed by atoms with Gasteiger partial charge in [0.2, 0.25) is 0 Å². The Labute approximate surface area is 125 Å². The van der Waals surface area contributed by atoms with Crippen LogP contribution in [-0.4, -0.2) is 16.9 Å². The third kappa shape index (κ3) is 4.55. The molecule has 0 saturated carbocycles. The zero-order chi connectivity index (χ0) is 15.1. The third-order valence-electron chi connectivity index (χ3n) is 4.06. The molecule has 0 heterocycles. The van der Waals surface area contributed by atoms with Crippen LogP contribution in [0.4, 0.5) is 0 Å².